The van der Waals surface area contributed by atoms with E-state index in [9.17, 15) is 22.0 Å². The fourth-order valence-electron chi connectivity index (χ4n) is 2.88. The summed E-state index contributed by atoms with van der Waals surface area (Å²) < 4.78 is 58.6. The lowest BCUT2D eigenvalue weighted by molar-refractivity contribution is -0.148. The van der Waals surface area contributed by atoms with E-state index >= 15 is 0 Å². The van der Waals surface area contributed by atoms with E-state index in [0.29, 0.717) is 10.6 Å². The molecule has 164 valence electrons. The summed E-state index contributed by atoms with van der Waals surface area (Å²) in [6.07, 6.45) is -3.68. The Morgan fingerprint density at radius 1 is 1.07 bits per heavy atom. The summed E-state index contributed by atoms with van der Waals surface area (Å²) in [5.74, 6) is -0.859. The minimum Gasteiger partial charge on any atom is -0.465 e. The number of esters is 1. The second-order valence-corrected chi connectivity index (χ2v) is 9.05. The van der Waals surface area contributed by atoms with Gasteiger partial charge in [0.25, 0.3) is 0 Å². The normalized spacial score (nSPS) is 12.9. The van der Waals surface area contributed by atoms with Crippen LogP contribution in [0.25, 0.3) is 0 Å². The second kappa shape index (κ2) is 10.8. The third-order valence-corrected chi connectivity index (χ3v) is 6.56. The molecular formula is C21H24ClF2NO4S. The van der Waals surface area contributed by atoms with Gasteiger partial charge in [-0.05, 0) is 50.1 Å². The van der Waals surface area contributed by atoms with E-state index < -0.39 is 34.9 Å². The number of carbonyl (C=O) groups is 1. The fourth-order valence-corrected chi connectivity index (χ4v) is 4.60. The van der Waals surface area contributed by atoms with E-state index in [0.717, 1.165) is 9.87 Å². The van der Waals surface area contributed by atoms with E-state index in [-0.39, 0.29) is 24.5 Å². The van der Waals surface area contributed by atoms with Crippen LogP contribution in [0, 0.1) is 6.92 Å². The number of ether oxygens (including phenoxy) is 1. The molecule has 2 rings (SSSR count). The molecule has 0 saturated carbocycles. The number of benzene rings is 2. The highest BCUT2D eigenvalue weighted by atomic mass is 35.5. The Morgan fingerprint density at radius 3 is 2.20 bits per heavy atom. The Balaban J connectivity index is 2.51. The number of carbonyl (C=O) groups excluding carboxylic acids is 1. The maximum atomic E-state index is 13.4. The molecule has 30 heavy (non-hydrogen) atoms. The van der Waals surface area contributed by atoms with Gasteiger partial charge in [0.05, 0.1) is 11.5 Å². The molecule has 0 amide bonds. The molecule has 2 aromatic rings. The molecule has 1 unspecified atom stereocenters. The van der Waals surface area contributed by atoms with Gasteiger partial charge in [-0.25, -0.2) is 17.2 Å². The van der Waals surface area contributed by atoms with E-state index in [1.807, 2.05) is 6.92 Å². The van der Waals surface area contributed by atoms with Crippen molar-refractivity contribution in [1.29, 1.82) is 0 Å². The Labute approximate surface area is 180 Å². The first kappa shape index (κ1) is 24.2. The Bertz CT molecular complexity index is 934. The van der Waals surface area contributed by atoms with Crippen molar-refractivity contribution >= 4 is 27.6 Å². The van der Waals surface area contributed by atoms with Gasteiger partial charge in [-0.1, -0.05) is 41.4 Å². The maximum Gasteiger partial charge on any atom is 0.324 e. The minimum absolute atomic E-state index is 0.00335. The summed E-state index contributed by atoms with van der Waals surface area (Å²) in [4.78, 5) is 12.5. The van der Waals surface area contributed by atoms with Gasteiger partial charge < -0.3 is 4.74 Å². The third kappa shape index (κ3) is 6.48. The van der Waals surface area contributed by atoms with Gasteiger partial charge in [-0.15, -0.1) is 0 Å². The monoisotopic (exact) mass is 459 g/mol. The number of hydrogen-bond acceptors (Lipinski definition) is 4. The predicted molar refractivity (Wildman–Crippen MR) is 111 cm³/mol. The first-order valence-electron chi connectivity index (χ1n) is 9.43. The van der Waals surface area contributed by atoms with Crippen molar-refractivity contribution in [2.45, 2.75) is 50.6 Å². The van der Waals surface area contributed by atoms with Crippen molar-refractivity contribution < 1.29 is 26.7 Å². The zero-order chi connectivity index (χ0) is 22.3. The SMILES string of the molecule is CCOC(=O)C(CCC(F)F)N(Cc1ccc(C)cc1)S(=O)(=O)c1ccc(Cl)cc1. The topological polar surface area (TPSA) is 63.7 Å². The quantitative estimate of drug-likeness (QED) is 0.478. The lowest BCUT2D eigenvalue weighted by Crippen LogP contribution is -2.45. The molecule has 0 saturated heterocycles. The van der Waals surface area contributed by atoms with Crippen molar-refractivity contribution in [2.24, 2.45) is 0 Å². The van der Waals surface area contributed by atoms with Crippen LogP contribution in [0.3, 0.4) is 0 Å². The summed E-state index contributed by atoms with van der Waals surface area (Å²) in [6.45, 7) is 3.29. The summed E-state index contributed by atoms with van der Waals surface area (Å²) in [7, 11) is -4.21. The molecule has 0 N–H and O–H groups in total. The second-order valence-electron chi connectivity index (χ2n) is 6.73. The molecular weight excluding hydrogens is 436 g/mol. The smallest absolute Gasteiger partial charge is 0.324 e. The number of sulfonamides is 1. The van der Waals surface area contributed by atoms with Crippen molar-refractivity contribution in [3.63, 3.8) is 0 Å². The molecule has 0 aromatic heterocycles. The standard InChI is InChI=1S/C21H24ClF2NO4S/c1-3-29-21(26)19(12-13-20(23)24)25(14-16-6-4-15(2)5-7-16)30(27,28)18-10-8-17(22)9-11-18/h4-11,19-20H,3,12-14H2,1-2H3. The van der Waals surface area contributed by atoms with E-state index in [4.69, 9.17) is 16.3 Å². The molecule has 0 spiro atoms. The van der Waals surface area contributed by atoms with Crippen LogP contribution in [0.5, 0.6) is 0 Å². The molecule has 9 heteroatoms. The summed E-state index contributed by atoms with van der Waals surface area (Å²) in [6, 6.07) is 11.1. The summed E-state index contributed by atoms with van der Waals surface area (Å²) in [5.41, 5.74) is 1.59. The van der Waals surface area contributed by atoms with Gasteiger partial charge >= 0.3 is 5.97 Å². The van der Waals surface area contributed by atoms with E-state index in [1.54, 1.807) is 31.2 Å². The first-order chi connectivity index (χ1) is 14.1. The molecule has 0 heterocycles. The maximum absolute atomic E-state index is 13.4. The highest BCUT2D eigenvalue weighted by Gasteiger charge is 2.37. The average molecular weight is 460 g/mol. The van der Waals surface area contributed by atoms with Crippen molar-refractivity contribution in [1.82, 2.24) is 4.31 Å². The van der Waals surface area contributed by atoms with Crippen LogP contribution in [0.2, 0.25) is 5.02 Å². The number of halogens is 3. The average Bonchev–Trinajstić information content (AvgIpc) is 2.69. The Kier molecular flexibility index (Phi) is 8.76. The van der Waals surface area contributed by atoms with E-state index in [1.165, 1.54) is 24.3 Å². The third-order valence-electron chi connectivity index (χ3n) is 4.44. The number of aryl methyl sites for hydroxylation is 1. The van der Waals surface area contributed by atoms with Crippen molar-refractivity contribution in [3.05, 3.63) is 64.7 Å². The van der Waals surface area contributed by atoms with Crippen molar-refractivity contribution in [3.8, 4) is 0 Å². The van der Waals surface area contributed by atoms with Crippen LogP contribution in [0.1, 0.15) is 30.9 Å². The van der Waals surface area contributed by atoms with Gasteiger partial charge in [0.2, 0.25) is 16.4 Å². The van der Waals surface area contributed by atoms with E-state index in [2.05, 4.69) is 0 Å². The van der Waals surface area contributed by atoms with Crippen LogP contribution < -0.4 is 0 Å². The molecule has 0 aliphatic carbocycles. The van der Waals surface area contributed by atoms with Gasteiger partial charge in [0.1, 0.15) is 6.04 Å². The number of hydrogen-bond donors (Lipinski definition) is 0. The van der Waals surface area contributed by atoms with Crippen LogP contribution in [0.4, 0.5) is 8.78 Å². The van der Waals surface area contributed by atoms with Gasteiger partial charge in [-0.2, -0.15) is 4.31 Å². The zero-order valence-corrected chi connectivity index (χ0v) is 18.3. The summed E-state index contributed by atoms with van der Waals surface area (Å²) in [5, 5.41) is 0.346. The fraction of sp³-hybridized carbons (Fsp3) is 0.381. The van der Waals surface area contributed by atoms with Gasteiger partial charge in [0.15, 0.2) is 0 Å². The molecule has 0 aliphatic heterocycles. The molecule has 1 atom stereocenters. The highest BCUT2D eigenvalue weighted by molar-refractivity contribution is 7.89. The molecule has 0 radical (unpaired) electrons. The molecule has 0 fully saturated rings. The Morgan fingerprint density at radius 2 is 1.67 bits per heavy atom. The summed E-state index contributed by atoms with van der Waals surface area (Å²) >= 11 is 5.86. The molecule has 5 nitrogen and oxygen atoms in total. The highest BCUT2D eigenvalue weighted by Crippen LogP contribution is 2.26. The van der Waals surface area contributed by atoms with Crippen molar-refractivity contribution in [2.75, 3.05) is 6.61 Å². The number of nitrogens with zero attached hydrogens (tertiary/aromatic N) is 1. The van der Waals surface area contributed by atoms with Gasteiger partial charge in [0, 0.05) is 18.0 Å². The van der Waals surface area contributed by atoms with Crippen LogP contribution in [0.15, 0.2) is 53.4 Å². The molecule has 0 bridgehead atoms. The van der Waals surface area contributed by atoms with Crippen LogP contribution >= 0.6 is 11.6 Å². The molecule has 2 aromatic carbocycles. The lowest BCUT2D eigenvalue weighted by atomic mass is 10.1. The molecule has 0 aliphatic rings. The zero-order valence-electron chi connectivity index (χ0n) is 16.7. The number of rotatable bonds is 10. The van der Waals surface area contributed by atoms with Crippen LogP contribution in [-0.2, 0) is 26.1 Å². The number of alkyl halides is 2. The Hall–Kier alpha value is -2.03. The van der Waals surface area contributed by atoms with Crippen LogP contribution in [-0.4, -0.2) is 37.8 Å². The first-order valence-corrected chi connectivity index (χ1v) is 11.2. The minimum atomic E-state index is -4.21. The largest absolute Gasteiger partial charge is 0.465 e. The lowest BCUT2D eigenvalue weighted by Gasteiger charge is -2.29. The van der Waals surface area contributed by atoms with Gasteiger partial charge in [-0.3, -0.25) is 4.79 Å². The predicted octanol–water partition coefficient (Wildman–Crippen LogP) is 4.82.